The highest BCUT2D eigenvalue weighted by Gasteiger charge is 2.31. The fourth-order valence-corrected chi connectivity index (χ4v) is 4.20. The molecule has 6 heteroatoms. The minimum Gasteiger partial charge on any atom is -0.353 e. The monoisotopic (exact) mass is 375 g/mol. The second-order valence-electron chi connectivity index (χ2n) is 7.41. The van der Waals surface area contributed by atoms with Crippen molar-refractivity contribution in [2.75, 3.05) is 42.5 Å². The second-order valence-corrected chi connectivity index (χ2v) is 7.41. The number of nitrogens with zero attached hydrogens (tertiary/aromatic N) is 5. The zero-order chi connectivity index (χ0) is 19.5. The number of carbonyl (C=O) groups excluding carboxylic acids is 1. The first-order valence-electron chi connectivity index (χ1n) is 9.92. The van der Waals surface area contributed by atoms with Gasteiger partial charge in [-0.2, -0.15) is 5.26 Å². The molecule has 1 fully saturated rings. The van der Waals surface area contributed by atoms with Crippen LogP contribution >= 0.6 is 0 Å². The molecule has 0 aliphatic carbocycles. The number of anilines is 2. The highest BCUT2D eigenvalue weighted by molar-refractivity contribution is 5.98. The Balaban J connectivity index is 1.43. The Morgan fingerprint density at radius 1 is 1.11 bits per heavy atom. The number of aryl methyl sites for hydroxylation is 1. The first kappa shape index (κ1) is 18.5. The molecular formula is C22H25N5O. The molecule has 0 spiro atoms. The summed E-state index contributed by atoms with van der Waals surface area (Å²) in [4.78, 5) is 24.0. The summed E-state index contributed by atoms with van der Waals surface area (Å²) >= 11 is 0. The summed E-state index contributed by atoms with van der Waals surface area (Å²) in [5.41, 5.74) is 2.93. The Kier molecular flexibility index (Phi) is 5.27. The van der Waals surface area contributed by atoms with Gasteiger partial charge in [-0.3, -0.25) is 9.69 Å². The van der Waals surface area contributed by atoms with E-state index in [9.17, 15) is 10.1 Å². The van der Waals surface area contributed by atoms with Crippen LogP contribution in [0.25, 0.3) is 0 Å². The quantitative estimate of drug-likeness (QED) is 0.825. The number of piperazine rings is 1. The van der Waals surface area contributed by atoms with E-state index in [2.05, 4.69) is 33.0 Å². The topological polar surface area (TPSA) is 63.5 Å². The molecule has 0 bridgehead atoms. The van der Waals surface area contributed by atoms with Crippen LogP contribution in [0.2, 0.25) is 0 Å². The third-order valence-corrected chi connectivity index (χ3v) is 5.80. The standard InChI is InChI=1S/C22H25N5O/c1-17(22(28)27-11-5-8-18-6-2-3-9-20(18)27)25-12-14-26(15-13-25)21-19(16-23)7-4-10-24-21/h2-4,6-7,9-10,17H,5,8,11-15H2,1H3. The van der Waals surface area contributed by atoms with Crippen LogP contribution in [0, 0.1) is 11.3 Å². The maximum atomic E-state index is 13.2. The minimum atomic E-state index is -0.160. The second kappa shape index (κ2) is 7.99. The summed E-state index contributed by atoms with van der Waals surface area (Å²) in [6.45, 7) is 5.89. The number of hydrogen-bond donors (Lipinski definition) is 0. The van der Waals surface area contributed by atoms with Crippen LogP contribution in [0.15, 0.2) is 42.6 Å². The van der Waals surface area contributed by atoms with Gasteiger partial charge in [0.25, 0.3) is 0 Å². The Hall–Kier alpha value is -2.91. The summed E-state index contributed by atoms with van der Waals surface area (Å²) in [6.07, 6.45) is 3.78. The van der Waals surface area contributed by atoms with E-state index in [1.807, 2.05) is 24.0 Å². The van der Waals surface area contributed by atoms with Crippen molar-refractivity contribution in [3.63, 3.8) is 0 Å². The van der Waals surface area contributed by atoms with E-state index in [0.29, 0.717) is 5.56 Å². The number of benzene rings is 1. The Labute approximate surface area is 166 Å². The first-order chi connectivity index (χ1) is 13.7. The molecule has 2 aliphatic heterocycles. The van der Waals surface area contributed by atoms with Gasteiger partial charge in [0.1, 0.15) is 11.9 Å². The number of fused-ring (bicyclic) bond motifs is 1. The molecule has 1 aromatic heterocycles. The fourth-order valence-electron chi connectivity index (χ4n) is 4.20. The van der Waals surface area contributed by atoms with Crippen LogP contribution in [0.3, 0.4) is 0 Å². The van der Waals surface area contributed by atoms with Crippen molar-refractivity contribution in [1.82, 2.24) is 9.88 Å². The summed E-state index contributed by atoms with van der Waals surface area (Å²) in [7, 11) is 0. The van der Waals surface area contributed by atoms with Crippen molar-refractivity contribution in [2.24, 2.45) is 0 Å². The van der Waals surface area contributed by atoms with E-state index in [4.69, 9.17) is 0 Å². The zero-order valence-corrected chi connectivity index (χ0v) is 16.2. The van der Waals surface area contributed by atoms with Crippen LogP contribution in [0.1, 0.15) is 24.5 Å². The number of para-hydroxylation sites is 1. The summed E-state index contributed by atoms with van der Waals surface area (Å²) in [5.74, 6) is 0.921. The largest absolute Gasteiger partial charge is 0.353 e. The number of aromatic nitrogens is 1. The van der Waals surface area contributed by atoms with Gasteiger partial charge >= 0.3 is 0 Å². The lowest BCUT2D eigenvalue weighted by molar-refractivity contribution is -0.123. The molecule has 2 aliphatic rings. The van der Waals surface area contributed by atoms with E-state index < -0.39 is 0 Å². The predicted octanol–water partition coefficient (Wildman–Crippen LogP) is 2.44. The molecule has 2 aromatic rings. The normalized spacial score (nSPS) is 18.3. The maximum absolute atomic E-state index is 13.2. The SMILES string of the molecule is CC(C(=O)N1CCCc2ccccc21)N1CCN(c2ncccc2C#N)CC1. The highest BCUT2D eigenvalue weighted by Crippen LogP contribution is 2.28. The van der Waals surface area contributed by atoms with Gasteiger partial charge in [-0.05, 0) is 43.5 Å². The van der Waals surface area contributed by atoms with Crippen molar-refractivity contribution >= 4 is 17.4 Å². The van der Waals surface area contributed by atoms with Crippen molar-refractivity contribution in [3.8, 4) is 6.07 Å². The van der Waals surface area contributed by atoms with Crippen LogP contribution in [-0.2, 0) is 11.2 Å². The molecule has 0 radical (unpaired) electrons. The average molecular weight is 375 g/mol. The van der Waals surface area contributed by atoms with E-state index in [-0.39, 0.29) is 11.9 Å². The van der Waals surface area contributed by atoms with Crippen LogP contribution in [0.4, 0.5) is 11.5 Å². The predicted molar refractivity (Wildman–Crippen MR) is 109 cm³/mol. The van der Waals surface area contributed by atoms with Crippen LogP contribution in [-0.4, -0.2) is 54.6 Å². The Morgan fingerprint density at radius 3 is 2.68 bits per heavy atom. The van der Waals surface area contributed by atoms with Gasteiger partial charge in [0.05, 0.1) is 11.6 Å². The molecule has 0 saturated carbocycles. The Morgan fingerprint density at radius 2 is 1.89 bits per heavy atom. The smallest absolute Gasteiger partial charge is 0.244 e. The first-order valence-corrected chi connectivity index (χ1v) is 9.92. The third kappa shape index (κ3) is 3.46. The molecule has 1 amide bonds. The molecule has 1 aromatic carbocycles. The average Bonchev–Trinajstić information content (AvgIpc) is 2.77. The van der Waals surface area contributed by atoms with E-state index in [0.717, 1.165) is 57.1 Å². The fraction of sp³-hybridized carbons (Fsp3) is 0.409. The number of hydrogen-bond acceptors (Lipinski definition) is 5. The van der Waals surface area contributed by atoms with E-state index >= 15 is 0 Å². The number of amides is 1. The highest BCUT2D eigenvalue weighted by atomic mass is 16.2. The lowest BCUT2D eigenvalue weighted by atomic mass is 10.0. The molecule has 0 N–H and O–H groups in total. The van der Waals surface area contributed by atoms with Crippen molar-refractivity contribution < 1.29 is 4.79 Å². The van der Waals surface area contributed by atoms with Crippen molar-refractivity contribution in [2.45, 2.75) is 25.8 Å². The van der Waals surface area contributed by atoms with Gasteiger partial charge in [-0.25, -0.2) is 4.98 Å². The van der Waals surface area contributed by atoms with Crippen LogP contribution < -0.4 is 9.80 Å². The summed E-state index contributed by atoms with van der Waals surface area (Å²) in [6, 6.07) is 13.9. The Bertz CT molecular complexity index is 898. The third-order valence-electron chi connectivity index (χ3n) is 5.80. The summed E-state index contributed by atoms with van der Waals surface area (Å²) < 4.78 is 0. The van der Waals surface area contributed by atoms with Gasteiger partial charge in [0.15, 0.2) is 0 Å². The maximum Gasteiger partial charge on any atom is 0.244 e. The zero-order valence-electron chi connectivity index (χ0n) is 16.2. The molecular weight excluding hydrogens is 350 g/mol. The lowest BCUT2D eigenvalue weighted by Crippen LogP contribution is -2.55. The number of rotatable bonds is 3. The van der Waals surface area contributed by atoms with Gasteiger partial charge in [0, 0.05) is 44.6 Å². The molecule has 6 nitrogen and oxygen atoms in total. The van der Waals surface area contributed by atoms with Crippen molar-refractivity contribution in [3.05, 3.63) is 53.7 Å². The molecule has 1 unspecified atom stereocenters. The number of nitriles is 1. The van der Waals surface area contributed by atoms with Crippen LogP contribution in [0.5, 0.6) is 0 Å². The number of carbonyl (C=O) groups is 1. The molecule has 3 heterocycles. The van der Waals surface area contributed by atoms with E-state index in [1.165, 1.54) is 5.56 Å². The number of pyridine rings is 1. The molecule has 1 atom stereocenters. The van der Waals surface area contributed by atoms with E-state index in [1.54, 1.807) is 18.3 Å². The van der Waals surface area contributed by atoms with Gasteiger partial charge < -0.3 is 9.80 Å². The van der Waals surface area contributed by atoms with Gasteiger partial charge in [0.2, 0.25) is 5.91 Å². The molecule has 144 valence electrons. The van der Waals surface area contributed by atoms with Crippen molar-refractivity contribution in [1.29, 1.82) is 5.26 Å². The van der Waals surface area contributed by atoms with Gasteiger partial charge in [-0.1, -0.05) is 18.2 Å². The minimum absolute atomic E-state index is 0.160. The lowest BCUT2D eigenvalue weighted by Gasteiger charge is -2.40. The molecule has 1 saturated heterocycles. The molecule has 4 rings (SSSR count). The summed E-state index contributed by atoms with van der Waals surface area (Å²) in [5, 5.41) is 9.31. The molecule has 28 heavy (non-hydrogen) atoms. The van der Waals surface area contributed by atoms with Gasteiger partial charge in [-0.15, -0.1) is 0 Å².